The third-order valence-electron chi connectivity index (χ3n) is 0.938. The number of halogens is 1. The molecule has 0 unspecified atom stereocenters. The molecule has 68 valence electrons. The molecule has 0 saturated heterocycles. The summed E-state index contributed by atoms with van der Waals surface area (Å²) in [5, 5.41) is 0. The highest BCUT2D eigenvalue weighted by Gasteiger charge is 1.77. The lowest BCUT2D eigenvalue weighted by molar-refractivity contribution is -0.116. The van der Waals surface area contributed by atoms with E-state index >= 15 is 0 Å². The number of primary amides is 1. The number of carbonyl (C=O) groups excluding carboxylic acids is 1. The summed E-state index contributed by atoms with van der Waals surface area (Å²) in [6.07, 6.45) is 3.73. The Morgan fingerprint density at radius 3 is 2.00 bits per heavy atom. The first-order valence-electron chi connectivity index (χ1n) is 3.73. The van der Waals surface area contributed by atoms with Gasteiger partial charge in [-0.3, -0.25) is 4.79 Å². The Hall–Kier alpha value is -0.280. The van der Waals surface area contributed by atoms with E-state index in [4.69, 9.17) is 17.3 Å². The number of alkyl halides is 1. The van der Waals surface area contributed by atoms with E-state index in [2.05, 4.69) is 12.7 Å². The average molecular weight is 181 g/mol. The monoisotopic (exact) mass is 180 g/mol. The number of hydrogen-bond acceptors (Lipinski definition) is 2. The van der Waals surface area contributed by atoms with E-state index in [0.717, 1.165) is 5.88 Å². The van der Waals surface area contributed by atoms with Gasteiger partial charge in [0.1, 0.15) is 0 Å². The van der Waals surface area contributed by atoms with Crippen LogP contribution in [0.3, 0.4) is 0 Å². The van der Waals surface area contributed by atoms with Crippen LogP contribution in [-0.4, -0.2) is 18.3 Å². The molecule has 0 aliphatic rings. The minimum absolute atomic E-state index is 0.0556. The first-order chi connectivity index (χ1) is 5.18. The van der Waals surface area contributed by atoms with Gasteiger partial charge < -0.3 is 11.5 Å². The molecule has 0 aromatic heterocycles. The highest BCUT2D eigenvalue weighted by Crippen LogP contribution is 1.93. The van der Waals surface area contributed by atoms with Crippen molar-refractivity contribution in [1.82, 2.24) is 0 Å². The SMILES string of the molecule is CCCCCCl.NCC(N)=O. The smallest absolute Gasteiger partial charge is 0.231 e. The number of amides is 1. The molecule has 0 saturated carbocycles. The van der Waals surface area contributed by atoms with Crippen LogP contribution in [0.4, 0.5) is 0 Å². The first kappa shape index (κ1) is 13.3. The van der Waals surface area contributed by atoms with Crippen LogP contribution in [0, 0.1) is 0 Å². The highest BCUT2D eigenvalue weighted by atomic mass is 35.5. The molecule has 4 heteroatoms. The largest absolute Gasteiger partial charge is 0.369 e. The molecule has 1 amide bonds. The summed E-state index contributed by atoms with van der Waals surface area (Å²) in [6.45, 7) is 2.12. The quantitative estimate of drug-likeness (QED) is 0.498. The van der Waals surface area contributed by atoms with Crippen molar-refractivity contribution in [3.05, 3.63) is 0 Å². The average Bonchev–Trinajstić information content (AvgIpc) is 2.02. The van der Waals surface area contributed by atoms with E-state index in [1.165, 1.54) is 19.3 Å². The molecule has 0 aromatic carbocycles. The molecule has 4 N–H and O–H groups in total. The van der Waals surface area contributed by atoms with E-state index in [-0.39, 0.29) is 6.54 Å². The zero-order valence-corrected chi connectivity index (χ0v) is 7.73. The zero-order chi connectivity index (χ0) is 9.11. The van der Waals surface area contributed by atoms with Crippen LogP contribution in [-0.2, 0) is 4.79 Å². The molecule has 0 aromatic rings. The van der Waals surface area contributed by atoms with Crippen molar-refractivity contribution in [3.8, 4) is 0 Å². The molecule has 11 heavy (non-hydrogen) atoms. The summed E-state index contributed by atoms with van der Waals surface area (Å²) in [6, 6.07) is 0. The standard InChI is InChI=1S/C5H11Cl.C2H6N2O/c1-2-3-4-5-6;3-1-2(4)5/h2-5H2,1H3;1,3H2,(H2,4,5). The molecule has 0 aliphatic carbocycles. The van der Waals surface area contributed by atoms with Crippen LogP contribution in [0.15, 0.2) is 0 Å². The van der Waals surface area contributed by atoms with Crippen LogP contribution in [0.1, 0.15) is 26.2 Å². The Kier molecular flexibility index (Phi) is 15.0. The fourth-order valence-electron chi connectivity index (χ4n) is 0.344. The van der Waals surface area contributed by atoms with E-state index < -0.39 is 5.91 Å². The van der Waals surface area contributed by atoms with Gasteiger partial charge in [-0.2, -0.15) is 0 Å². The summed E-state index contributed by atoms with van der Waals surface area (Å²) >= 11 is 5.38. The van der Waals surface area contributed by atoms with Crippen LogP contribution < -0.4 is 11.5 Å². The van der Waals surface area contributed by atoms with Crippen molar-refractivity contribution < 1.29 is 4.79 Å². The van der Waals surface area contributed by atoms with Crippen molar-refractivity contribution in [2.75, 3.05) is 12.4 Å². The van der Waals surface area contributed by atoms with Gasteiger partial charge in [-0.25, -0.2) is 0 Å². The number of unbranched alkanes of at least 4 members (excludes halogenated alkanes) is 2. The topological polar surface area (TPSA) is 69.1 Å². The van der Waals surface area contributed by atoms with Crippen molar-refractivity contribution in [3.63, 3.8) is 0 Å². The molecule has 0 radical (unpaired) electrons. The molecule has 0 spiro atoms. The molecule has 0 atom stereocenters. The summed E-state index contributed by atoms with van der Waals surface area (Å²) in [7, 11) is 0. The van der Waals surface area contributed by atoms with Gasteiger partial charge in [0.05, 0.1) is 6.54 Å². The number of carbonyl (C=O) groups is 1. The summed E-state index contributed by atoms with van der Waals surface area (Å²) in [5.74, 6) is 0.360. The summed E-state index contributed by atoms with van der Waals surface area (Å²) < 4.78 is 0. The molecular formula is C7H17ClN2O. The molecule has 3 nitrogen and oxygen atoms in total. The zero-order valence-electron chi connectivity index (χ0n) is 6.98. The van der Waals surface area contributed by atoms with Gasteiger partial charge in [-0.05, 0) is 6.42 Å². The normalized spacial score (nSPS) is 8.27. The maximum atomic E-state index is 9.47. The molecule has 0 heterocycles. The number of hydrogen-bond donors (Lipinski definition) is 2. The van der Waals surface area contributed by atoms with Gasteiger partial charge in [0.25, 0.3) is 0 Å². The van der Waals surface area contributed by atoms with Gasteiger partial charge in [0.2, 0.25) is 5.91 Å². The molecule has 0 aliphatic heterocycles. The highest BCUT2D eigenvalue weighted by molar-refractivity contribution is 6.17. The third kappa shape index (κ3) is 26.0. The van der Waals surface area contributed by atoms with Gasteiger partial charge >= 0.3 is 0 Å². The molecular weight excluding hydrogens is 164 g/mol. The van der Waals surface area contributed by atoms with Gasteiger partial charge in [0, 0.05) is 5.88 Å². The van der Waals surface area contributed by atoms with Gasteiger partial charge in [0.15, 0.2) is 0 Å². The second kappa shape index (κ2) is 12.4. The Morgan fingerprint density at radius 1 is 1.45 bits per heavy atom. The Balaban J connectivity index is 0. The van der Waals surface area contributed by atoms with Crippen LogP contribution >= 0.6 is 11.6 Å². The first-order valence-corrected chi connectivity index (χ1v) is 4.26. The van der Waals surface area contributed by atoms with Crippen LogP contribution in [0.2, 0.25) is 0 Å². The Labute approximate surface area is 73.1 Å². The maximum absolute atomic E-state index is 9.47. The van der Waals surface area contributed by atoms with Gasteiger partial charge in [-0.1, -0.05) is 19.8 Å². The van der Waals surface area contributed by atoms with Gasteiger partial charge in [-0.15, -0.1) is 11.6 Å². The second-order valence-electron chi connectivity index (χ2n) is 2.07. The second-order valence-corrected chi connectivity index (χ2v) is 2.44. The van der Waals surface area contributed by atoms with E-state index in [9.17, 15) is 4.79 Å². The summed E-state index contributed by atoms with van der Waals surface area (Å²) in [5.41, 5.74) is 9.22. The Morgan fingerprint density at radius 2 is 1.91 bits per heavy atom. The third-order valence-corrected chi connectivity index (χ3v) is 1.21. The maximum Gasteiger partial charge on any atom is 0.231 e. The Bertz CT molecular complexity index is 84.5. The van der Waals surface area contributed by atoms with Crippen molar-refractivity contribution >= 4 is 17.5 Å². The predicted octanol–water partition coefficient (Wildman–Crippen LogP) is 0.846. The lowest BCUT2D eigenvalue weighted by atomic mass is 10.3. The number of rotatable bonds is 4. The molecule has 0 bridgehead atoms. The van der Waals surface area contributed by atoms with E-state index in [1.54, 1.807) is 0 Å². The fourth-order valence-corrected chi connectivity index (χ4v) is 0.533. The minimum atomic E-state index is -0.468. The lowest BCUT2D eigenvalue weighted by Gasteiger charge is -1.84. The van der Waals surface area contributed by atoms with Crippen LogP contribution in [0.25, 0.3) is 0 Å². The number of nitrogens with two attached hydrogens (primary N) is 2. The minimum Gasteiger partial charge on any atom is -0.369 e. The summed E-state index contributed by atoms with van der Waals surface area (Å²) in [4.78, 5) is 9.47. The van der Waals surface area contributed by atoms with E-state index in [0.29, 0.717) is 0 Å². The van der Waals surface area contributed by atoms with Crippen LogP contribution in [0.5, 0.6) is 0 Å². The lowest BCUT2D eigenvalue weighted by Crippen LogP contribution is -2.21. The fraction of sp³-hybridized carbons (Fsp3) is 0.857. The van der Waals surface area contributed by atoms with Crippen molar-refractivity contribution in [2.24, 2.45) is 11.5 Å². The predicted molar refractivity (Wildman–Crippen MR) is 48.5 cm³/mol. The van der Waals surface area contributed by atoms with Crippen molar-refractivity contribution in [2.45, 2.75) is 26.2 Å². The van der Waals surface area contributed by atoms with E-state index in [1.807, 2.05) is 0 Å². The molecule has 0 rings (SSSR count). The molecule has 0 fully saturated rings. The van der Waals surface area contributed by atoms with Crippen molar-refractivity contribution in [1.29, 1.82) is 0 Å².